The van der Waals surface area contributed by atoms with Gasteiger partial charge in [-0.15, -0.1) is 0 Å². The maximum atomic E-state index is 12.5. The lowest BCUT2D eigenvalue weighted by atomic mass is 10.00. The number of nitrogens with zero attached hydrogens (tertiary/aromatic N) is 2. The van der Waals surface area contributed by atoms with E-state index in [0.717, 1.165) is 43.5 Å². The van der Waals surface area contributed by atoms with Gasteiger partial charge >= 0.3 is 6.09 Å². The third kappa shape index (κ3) is 3.65. The van der Waals surface area contributed by atoms with Gasteiger partial charge in [-0.1, -0.05) is 13.0 Å². The van der Waals surface area contributed by atoms with Crippen LogP contribution in [-0.4, -0.2) is 39.8 Å². The van der Waals surface area contributed by atoms with Crippen LogP contribution in [0.1, 0.15) is 58.9 Å². The Morgan fingerprint density at radius 3 is 2.54 bits per heavy atom. The van der Waals surface area contributed by atoms with E-state index in [4.69, 9.17) is 9.47 Å². The molecule has 3 heterocycles. The number of pyridine rings is 1. The monoisotopic (exact) mass is 332 g/mol. The Labute approximate surface area is 144 Å². The number of aryl methyl sites for hydroxylation is 1. The first-order chi connectivity index (χ1) is 11.4. The van der Waals surface area contributed by atoms with Gasteiger partial charge in [0.15, 0.2) is 0 Å². The van der Waals surface area contributed by atoms with Crippen LogP contribution in [0.25, 0.3) is 0 Å². The normalized spacial score (nSPS) is 26.3. The fourth-order valence-electron chi connectivity index (χ4n) is 3.79. The van der Waals surface area contributed by atoms with Gasteiger partial charge in [0.1, 0.15) is 11.7 Å². The highest BCUT2D eigenvalue weighted by molar-refractivity contribution is 5.69. The van der Waals surface area contributed by atoms with Gasteiger partial charge in [-0.05, 0) is 46.1 Å². The molecule has 24 heavy (non-hydrogen) atoms. The number of hydrogen-bond acceptors (Lipinski definition) is 4. The lowest BCUT2D eigenvalue weighted by Crippen LogP contribution is -2.50. The zero-order valence-electron chi connectivity index (χ0n) is 15.1. The van der Waals surface area contributed by atoms with E-state index >= 15 is 0 Å². The highest BCUT2D eigenvalue weighted by Crippen LogP contribution is 2.38. The summed E-state index contributed by atoms with van der Waals surface area (Å²) in [6.07, 6.45) is 6.41. The molecule has 5 nitrogen and oxygen atoms in total. The van der Waals surface area contributed by atoms with Crippen molar-refractivity contribution in [1.82, 2.24) is 9.88 Å². The fourth-order valence-corrected chi connectivity index (χ4v) is 3.79. The van der Waals surface area contributed by atoms with Crippen molar-refractivity contribution in [2.45, 2.75) is 83.6 Å². The highest BCUT2D eigenvalue weighted by atomic mass is 16.6. The van der Waals surface area contributed by atoms with Crippen molar-refractivity contribution in [2.24, 2.45) is 0 Å². The van der Waals surface area contributed by atoms with E-state index in [0.29, 0.717) is 0 Å². The lowest BCUT2D eigenvalue weighted by Gasteiger charge is -2.39. The average molecular weight is 332 g/mol. The summed E-state index contributed by atoms with van der Waals surface area (Å²) < 4.78 is 11.8. The van der Waals surface area contributed by atoms with Crippen LogP contribution in [0.4, 0.5) is 4.79 Å². The standard InChI is InChI=1S/C19H28N2O3/c1-5-13-7-6-10-20-17(13)23-16-11-14-8-9-15(12-16)21(14)18(22)24-19(2,3)4/h6-7,10,14-16H,5,8-9,11-12H2,1-4H3/t14-,15+,16?. The van der Waals surface area contributed by atoms with E-state index < -0.39 is 5.60 Å². The van der Waals surface area contributed by atoms with Crippen LogP contribution in [0.15, 0.2) is 18.3 Å². The molecule has 0 N–H and O–H groups in total. The minimum Gasteiger partial charge on any atom is -0.474 e. The van der Waals surface area contributed by atoms with E-state index in [-0.39, 0.29) is 24.3 Å². The molecule has 2 fully saturated rings. The molecule has 0 saturated carbocycles. The van der Waals surface area contributed by atoms with E-state index in [9.17, 15) is 4.79 Å². The Balaban J connectivity index is 1.66. The molecule has 1 aromatic rings. The molecule has 0 radical (unpaired) electrons. The summed E-state index contributed by atoms with van der Waals surface area (Å²) in [5.74, 6) is 0.745. The molecule has 2 saturated heterocycles. The first kappa shape index (κ1) is 17.1. The molecule has 3 rings (SSSR count). The number of amides is 1. The van der Waals surface area contributed by atoms with Gasteiger partial charge in [-0.3, -0.25) is 0 Å². The molecule has 3 atom stereocenters. The minimum absolute atomic E-state index is 0.126. The van der Waals surface area contributed by atoms with Crippen LogP contribution in [0.2, 0.25) is 0 Å². The molecule has 2 aliphatic heterocycles. The third-order valence-electron chi connectivity index (χ3n) is 4.80. The van der Waals surface area contributed by atoms with Gasteiger partial charge in [-0.2, -0.15) is 0 Å². The molecule has 1 amide bonds. The summed E-state index contributed by atoms with van der Waals surface area (Å²) in [6.45, 7) is 7.85. The molecular formula is C19H28N2O3. The summed E-state index contributed by atoms with van der Waals surface area (Å²) in [4.78, 5) is 18.8. The molecule has 1 unspecified atom stereocenters. The second-order valence-corrected chi connectivity index (χ2v) is 7.81. The largest absolute Gasteiger partial charge is 0.474 e. The van der Waals surface area contributed by atoms with E-state index in [1.54, 1.807) is 6.20 Å². The Hall–Kier alpha value is -1.78. The van der Waals surface area contributed by atoms with Crippen molar-refractivity contribution >= 4 is 6.09 Å². The lowest BCUT2D eigenvalue weighted by molar-refractivity contribution is -0.00771. The molecule has 2 bridgehead atoms. The minimum atomic E-state index is -0.451. The Morgan fingerprint density at radius 1 is 1.29 bits per heavy atom. The zero-order chi connectivity index (χ0) is 17.3. The fraction of sp³-hybridized carbons (Fsp3) is 0.684. The van der Waals surface area contributed by atoms with Crippen LogP contribution in [0, 0.1) is 0 Å². The molecule has 5 heteroatoms. The van der Waals surface area contributed by atoms with E-state index in [1.165, 1.54) is 0 Å². The summed E-state index contributed by atoms with van der Waals surface area (Å²) in [5, 5.41) is 0. The molecule has 132 valence electrons. The van der Waals surface area contributed by atoms with Crippen LogP contribution >= 0.6 is 0 Å². The second-order valence-electron chi connectivity index (χ2n) is 7.81. The summed E-state index contributed by atoms with van der Waals surface area (Å²) >= 11 is 0. The quantitative estimate of drug-likeness (QED) is 0.841. The summed E-state index contributed by atoms with van der Waals surface area (Å²) in [7, 11) is 0. The summed E-state index contributed by atoms with van der Waals surface area (Å²) in [5.41, 5.74) is 0.688. The predicted octanol–water partition coefficient (Wildman–Crippen LogP) is 3.95. The van der Waals surface area contributed by atoms with Gasteiger partial charge in [-0.25, -0.2) is 9.78 Å². The van der Waals surface area contributed by atoms with Gasteiger partial charge in [0.05, 0.1) is 0 Å². The van der Waals surface area contributed by atoms with Gasteiger partial charge < -0.3 is 14.4 Å². The van der Waals surface area contributed by atoms with Gasteiger partial charge in [0.25, 0.3) is 0 Å². The third-order valence-corrected chi connectivity index (χ3v) is 4.80. The number of ether oxygens (including phenoxy) is 2. The summed E-state index contributed by atoms with van der Waals surface area (Å²) in [6, 6.07) is 4.45. The number of carbonyl (C=O) groups excluding carboxylic acids is 1. The molecular weight excluding hydrogens is 304 g/mol. The smallest absolute Gasteiger partial charge is 0.410 e. The van der Waals surface area contributed by atoms with E-state index in [1.807, 2.05) is 31.7 Å². The van der Waals surface area contributed by atoms with Crippen LogP contribution < -0.4 is 4.74 Å². The van der Waals surface area contributed by atoms with Crippen LogP contribution in [-0.2, 0) is 11.2 Å². The first-order valence-corrected chi connectivity index (χ1v) is 8.99. The van der Waals surface area contributed by atoms with Crippen LogP contribution in [0.3, 0.4) is 0 Å². The van der Waals surface area contributed by atoms with Gasteiger partial charge in [0.2, 0.25) is 5.88 Å². The van der Waals surface area contributed by atoms with Crippen LogP contribution in [0.5, 0.6) is 5.88 Å². The van der Waals surface area contributed by atoms with Gasteiger partial charge in [0, 0.05) is 36.7 Å². The Morgan fingerprint density at radius 2 is 1.96 bits per heavy atom. The highest BCUT2D eigenvalue weighted by Gasteiger charge is 2.45. The number of hydrogen-bond donors (Lipinski definition) is 0. The average Bonchev–Trinajstić information content (AvgIpc) is 2.78. The van der Waals surface area contributed by atoms with Crippen molar-refractivity contribution < 1.29 is 14.3 Å². The molecule has 1 aromatic heterocycles. The molecule has 0 aromatic carbocycles. The molecule has 0 aliphatic carbocycles. The van der Waals surface area contributed by atoms with Crippen molar-refractivity contribution in [1.29, 1.82) is 0 Å². The first-order valence-electron chi connectivity index (χ1n) is 8.99. The number of carbonyl (C=O) groups is 1. The predicted molar refractivity (Wildman–Crippen MR) is 92.1 cm³/mol. The van der Waals surface area contributed by atoms with Crippen molar-refractivity contribution in [2.75, 3.05) is 0 Å². The number of rotatable bonds is 3. The van der Waals surface area contributed by atoms with Crippen molar-refractivity contribution in [3.05, 3.63) is 23.9 Å². The Bertz CT molecular complexity index is 583. The maximum Gasteiger partial charge on any atom is 0.410 e. The Kier molecular flexibility index (Phi) is 4.70. The number of piperidine rings is 1. The van der Waals surface area contributed by atoms with Crippen molar-refractivity contribution in [3.63, 3.8) is 0 Å². The molecule has 0 spiro atoms. The second kappa shape index (κ2) is 6.61. The SMILES string of the molecule is CCc1cccnc1OC1C[C@H]2CC[C@@H](C1)N2C(=O)OC(C)(C)C. The van der Waals surface area contributed by atoms with Crippen molar-refractivity contribution in [3.8, 4) is 5.88 Å². The molecule has 2 aliphatic rings. The number of fused-ring (bicyclic) bond motifs is 2. The maximum absolute atomic E-state index is 12.5. The number of aromatic nitrogens is 1. The topological polar surface area (TPSA) is 51.7 Å². The van der Waals surface area contributed by atoms with E-state index in [2.05, 4.69) is 18.0 Å². The zero-order valence-corrected chi connectivity index (χ0v) is 15.1.